The summed E-state index contributed by atoms with van der Waals surface area (Å²) in [5.74, 6) is -0.438. The first-order chi connectivity index (χ1) is 10.3. The van der Waals surface area contributed by atoms with Crippen LogP contribution in [0.1, 0.15) is 18.5 Å². The standard InChI is InChI=1S/C14H20ClFN2O3S/c1-10-9-18(6-7-21-10)13(8-17-22(2,19)20)14-11(15)4-3-5-12(14)16/h3-5,10,13,17H,6-9H2,1-2H3/t10-,13-/m1/s1. The highest BCUT2D eigenvalue weighted by Gasteiger charge is 2.29. The zero-order valence-electron chi connectivity index (χ0n) is 12.6. The highest BCUT2D eigenvalue weighted by molar-refractivity contribution is 7.88. The lowest BCUT2D eigenvalue weighted by atomic mass is 10.0. The molecule has 1 aromatic rings. The molecule has 1 N–H and O–H groups in total. The Morgan fingerprint density at radius 2 is 2.27 bits per heavy atom. The van der Waals surface area contributed by atoms with E-state index < -0.39 is 21.9 Å². The van der Waals surface area contributed by atoms with Gasteiger partial charge in [-0.3, -0.25) is 4.90 Å². The number of sulfonamides is 1. The molecule has 0 unspecified atom stereocenters. The molecule has 0 amide bonds. The number of hydrogen-bond donors (Lipinski definition) is 1. The molecule has 0 aromatic heterocycles. The Kier molecular flexibility index (Phi) is 5.79. The summed E-state index contributed by atoms with van der Waals surface area (Å²) in [6, 6.07) is 4.00. The van der Waals surface area contributed by atoms with Crippen molar-refractivity contribution in [2.45, 2.75) is 19.1 Å². The summed E-state index contributed by atoms with van der Waals surface area (Å²) >= 11 is 6.15. The van der Waals surface area contributed by atoms with E-state index in [0.29, 0.717) is 30.3 Å². The van der Waals surface area contributed by atoms with Gasteiger partial charge in [-0.25, -0.2) is 17.5 Å². The van der Waals surface area contributed by atoms with Crippen molar-refractivity contribution in [3.8, 4) is 0 Å². The molecule has 0 radical (unpaired) electrons. The fourth-order valence-corrected chi connectivity index (χ4v) is 3.35. The van der Waals surface area contributed by atoms with Gasteiger partial charge in [-0.15, -0.1) is 0 Å². The van der Waals surface area contributed by atoms with Gasteiger partial charge in [0.15, 0.2) is 0 Å². The molecule has 0 saturated carbocycles. The van der Waals surface area contributed by atoms with Gasteiger partial charge in [-0.1, -0.05) is 17.7 Å². The number of hydrogen-bond acceptors (Lipinski definition) is 4. The van der Waals surface area contributed by atoms with Crippen LogP contribution in [0.3, 0.4) is 0 Å². The fraction of sp³-hybridized carbons (Fsp3) is 0.571. The SMILES string of the molecule is C[C@@H]1CN([C@H](CNS(C)(=O)=O)c2c(F)cccc2Cl)CCO1. The van der Waals surface area contributed by atoms with Crippen molar-refractivity contribution in [2.24, 2.45) is 0 Å². The first-order valence-electron chi connectivity index (χ1n) is 7.02. The lowest BCUT2D eigenvalue weighted by Crippen LogP contribution is -2.46. The maximum absolute atomic E-state index is 14.3. The third kappa shape index (κ3) is 4.63. The summed E-state index contributed by atoms with van der Waals surface area (Å²) in [6.07, 6.45) is 1.08. The third-order valence-corrected chi connectivity index (χ3v) is 4.61. The Balaban J connectivity index is 2.32. The number of halogens is 2. The van der Waals surface area contributed by atoms with Gasteiger partial charge in [0, 0.05) is 30.2 Å². The van der Waals surface area contributed by atoms with Gasteiger partial charge in [0.2, 0.25) is 10.0 Å². The van der Waals surface area contributed by atoms with Crippen LogP contribution < -0.4 is 4.72 Å². The van der Waals surface area contributed by atoms with E-state index in [-0.39, 0.29) is 12.6 Å². The van der Waals surface area contributed by atoms with Crippen LogP contribution in [0.25, 0.3) is 0 Å². The summed E-state index contributed by atoms with van der Waals surface area (Å²) < 4.78 is 45.0. The van der Waals surface area contributed by atoms with Crippen LogP contribution in [0.4, 0.5) is 4.39 Å². The normalized spacial score (nSPS) is 21.7. The second kappa shape index (κ2) is 7.23. The highest BCUT2D eigenvalue weighted by Crippen LogP contribution is 2.31. The lowest BCUT2D eigenvalue weighted by molar-refractivity contribution is -0.0342. The maximum Gasteiger partial charge on any atom is 0.208 e. The number of rotatable bonds is 5. The van der Waals surface area contributed by atoms with Crippen molar-refractivity contribution < 1.29 is 17.5 Å². The van der Waals surface area contributed by atoms with E-state index >= 15 is 0 Å². The van der Waals surface area contributed by atoms with Crippen molar-refractivity contribution in [3.63, 3.8) is 0 Å². The third-order valence-electron chi connectivity index (χ3n) is 3.59. The van der Waals surface area contributed by atoms with Crippen LogP contribution in [0, 0.1) is 5.82 Å². The monoisotopic (exact) mass is 350 g/mol. The molecule has 8 heteroatoms. The van der Waals surface area contributed by atoms with Gasteiger partial charge < -0.3 is 4.74 Å². The molecule has 1 heterocycles. The summed E-state index contributed by atoms with van der Waals surface area (Å²) in [5, 5.41) is 0.291. The minimum Gasteiger partial charge on any atom is -0.376 e. The molecule has 2 atom stereocenters. The number of nitrogens with one attached hydrogen (secondary N) is 1. The molecule has 1 aliphatic rings. The summed E-state index contributed by atoms with van der Waals surface area (Å²) in [6.45, 7) is 3.68. The molecule has 2 rings (SSSR count). The van der Waals surface area contributed by atoms with Crippen LogP contribution in [0.5, 0.6) is 0 Å². The second-order valence-electron chi connectivity index (χ2n) is 5.45. The number of morpholine rings is 1. The van der Waals surface area contributed by atoms with Crippen molar-refractivity contribution in [2.75, 3.05) is 32.5 Å². The van der Waals surface area contributed by atoms with Gasteiger partial charge in [-0.05, 0) is 19.1 Å². The molecule has 1 fully saturated rings. The van der Waals surface area contributed by atoms with Gasteiger partial charge in [-0.2, -0.15) is 0 Å². The van der Waals surface area contributed by atoms with Crippen LogP contribution in [0.2, 0.25) is 5.02 Å². The largest absolute Gasteiger partial charge is 0.376 e. The summed E-state index contributed by atoms with van der Waals surface area (Å²) in [5.41, 5.74) is 0.314. The number of benzene rings is 1. The Morgan fingerprint density at radius 1 is 1.55 bits per heavy atom. The fourth-order valence-electron chi connectivity index (χ4n) is 2.60. The molecule has 0 bridgehead atoms. The number of ether oxygens (including phenoxy) is 1. The topological polar surface area (TPSA) is 58.6 Å². The lowest BCUT2D eigenvalue weighted by Gasteiger charge is -2.37. The van der Waals surface area contributed by atoms with Gasteiger partial charge in [0.25, 0.3) is 0 Å². The predicted octanol–water partition coefficient (Wildman–Crippen LogP) is 1.79. The highest BCUT2D eigenvalue weighted by atomic mass is 35.5. The molecule has 1 saturated heterocycles. The maximum atomic E-state index is 14.3. The van der Waals surface area contributed by atoms with E-state index in [0.717, 1.165) is 6.26 Å². The quantitative estimate of drug-likeness (QED) is 0.879. The van der Waals surface area contributed by atoms with Crippen molar-refractivity contribution >= 4 is 21.6 Å². The van der Waals surface area contributed by atoms with Gasteiger partial charge in [0.05, 0.1) is 25.0 Å². The van der Waals surface area contributed by atoms with E-state index in [1.54, 1.807) is 6.07 Å². The van der Waals surface area contributed by atoms with Gasteiger partial charge >= 0.3 is 0 Å². The Hall–Kier alpha value is -0.730. The molecule has 0 aliphatic carbocycles. The molecule has 1 aliphatic heterocycles. The zero-order chi connectivity index (χ0) is 16.3. The van der Waals surface area contributed by atoms with Crippen LogP contribution in [0.15, 0.2) is 18.2 Å². The van der Waals surface area contributed by atoms with Crippen LogP contribution in [-0.2, 0) is 14.8 Å². The first-order valence-corrected chi connectivity index (χ1v) is 9.29. The molecule has 0 spiro atoms. The average Bonchev–Trinajstić information content (AvgIpc) is 2.41. The average molecular weight is 351 g/mol. The molecule has 124 valence electrons. The van der Waals surface area contributed by atoms with E-state index in [1.165, 1.54) is 12.1 Å². The zero-order valence-corrected chi connectivity index (χ0v) is 14.1. The van der Waals surface area contributed by atoms with E-state index in [4.69, 9.17) is 16.3 Å². The summed E-state index contributed by atoms with van der Waals surface area (Å²) in [4.78, 5) is 2.00. The molecule has 22 heavy (non-hydrogen) atoms. The molecular weight excluding hydrogens is 331 g/mol. The molecule has 5 nitrogen and oxygen atoms in total. The molecular formula is C14H20ClFN2O3S. The van der Waals surface area contributed by atoms with Crippen molar-refractivity contribution in [1.82, 2.24) is 9.62 Å². The number of nitrogens with zero attached hydrogens (tertiary/aromatic N) is 1. The minimum atomic E-state index is -3.38. The Bertz CT molecular complexity index is 606. The Labute approximate surface area is 135 Å². The second-order valence-corrected chi connectivity index (χ2v) is 7.69. The van der Waals surface area contributed by atoms with Gasteiger partial charge in [0.1, 0.15) is 5.82 Å². The first kappa shape index (κ1) is 17.6. The van der Waals surface area contributed by atoms with E-state index in [9.17, 15) is 12.8 Å². The van der Waals surface area contributed by atoms with Crippen molar-refractivity contribution in [1.29, 1.82) is 0 Å². The van der Waals surface area contributed by atoms with Crippen LogP contribution in [-0.4, -0.2) is 51.9 Å². The smallest absolute Gasteiger partial charge is 0.208 e. The van der Waals surface area contributed by atoms with E-state index in [1.807, 2.05) is 11.8 Å². The predicted molar refractivity (Wildman–Crippen MR) is 84.0 cm³/mol. The van der Waals surface area contributed by atoms with E-state index in [2.05, 4.69) is 4.72 Å². The minimum absolute atomic E-state index is 0.0000302. The van der Waals surface area contributed by atoms with Crippen molar-refractivity contribution in [3.05, 3.63) is 34.6 Å². The van der Waals surface area contributed by atoms with Crippen LogP contribution >= 0.6 is 11.6 Å². The molecule has 1 aromatic carbocycles. The summed E-state index contributed by atoms with van der Waals surface area (Å²) in [7, 11) is -3.38. The Morgan fingerprint density at radius 3 is 2.86 bits per heavy atom.